The SMILES string of the molecule is CN1CCN(Cc2cc(C(C)(C)C)cc(Cl)c2O)CC1.Cl. The maximum absolute atomic E-state index is 10.2. The van der Waals surface area contributed by atoms with Gasteiger partial charge < -0.3 is 10.0 Å². The molecule has 0 spiro atoms. The summed E-state index contributed by atoms with van der Waals surface area (Å²) in [7, 11) is 2.14. The Bertz CT molecular complexity index is 478. The number of halogens is 2. The molecular weight excluding hydrogens is 307 g/mol. The Morgan fingerprint density at radius 3 is 2.24 bits per heavy atom. The predicted octanol–water partition coefficient (Wildman–Crippen LogP) is 3.51. The minimum Gasteiger partial charge on any atom is -0.506 e. The maximum atomic E-state index is 10.2. The lowest BCUT2D eigenvalue weighted by molar-refractivity contribution is 0.147. The fraction of sp³-hybridized carbons (Fsp3) is 0.625. The number of aromatic hydroxyl groups is 1. The van der Waals surface area contributed by atoms with E-state index in [1.807, 2.05) is 6.07 Å². The Hall–Kier alpha value is -0.480. The fourth-order valence-electron chi connectivity index (χ4n) is 2.46. The first-order valence-corrected chi connectivity index (χ1v) is 7.58. The molecule has 0 atom stereocenters. The molecule has 1 aromatic carbocycles. The molecule has 1 fully saturated rings. The van der Waals surface area contributed by atoms with E-state index in [1.54, 1.807) is 0 Å². The molecule has 1 heterocycles. The van der Waals surface area contributed by atoms with Gasteiger partial charge in [0.25, 0.3) is 0 Å². The Morgan fingerprint density at radius 1 is 1.14 bits per heavy atom. The van der Waals surface area contributed by atoms with E-state index in [9.17, 15) is 5.11 Å². The van der Waals surface area contributed by atoms with Crippen molar-refractivity contribution >= 4 is 24.0 Å². The molecule has 0 amide bonds. The average Bonchev–Trinajstić information content (AvgIpc) is 2.36. The summed E-state index contributed by atoms with van der Waals surface area (Å²) in [5.74, 6) is 0.235. The van der Waals surface area contributed by atoms with Crippen molar-refractivity contribution in [3.8, 4) is 5.75 Å². The van der Waals surface area contributed by atoms with Crippen LogP contribution in [0.1, 0.15) is 31.9 Å². The largest absolute Gasteiger partial charge is 0.506 e. The summed E-state index contributed by atoms with van der Waals surface area (Å²) in [6.07, 6.45) is 0. The van der Waals surface area contributed by atoms with E-state index in [1.165, 1.54) is 5.56 Å². The molecule has 1 aliphatic rings. The Balaban J connectivity index is 0.00000220. The first kappa shape index (κ1) is 18.6. The van der Waals surface area contributed by atoms with E-state index in [0.717, 1.165) is 38.3 Å². The number of benzene rings is 1. The highest BCUT2D eigenvalue weighted by Crippen LogP contribution is 2.34. The van der Waals surface area contributed by atoms with Gasteiger partial charge in [0.2, 0.25) is 0 Å². The van der Waals surface area contributed by atoms with Gasteiger partial charge in [0.1, 0.15) is 5.75 Å². The highest BCUT2D eigenvalue weighted by molar-refractivity contribution is 6.32. The highest BCUT2D eigenvalue weighted by Gasteiger charge is 2.20. The minimum atomic E-state index is 0. The lowest BCUT2D eigenvalue weighted by atomic mass is 9.86. The van der Waals surface area contributed by atoms with Gasteiger partial charge in [-0.05, 0) is 24.1 Å². The van der Waals surface area contributed by atoms with Gasteiger partial charge in [-0.3, -0.25) is 4.90 Å². The number of nitrogens with zero attached hydrogens (tertiary/aromatic N) is 2. The van der Waals surface area contributed by atoms with Crippen molar-refractivity contribution < 1.29 is 5.11 Å². The number of rotatable bonds is 2. The zero-order valence-electron chi connectivity index (χ0n) is 13.3. The van der Waals surface area contributed by atoms with E-state index in [4.69, 9.17) is 11.6 Å². The van der Waals surface area contributed by atoms with Crippen LogP contribution in [0.5, 0.6) is 5.75 Å². The number of hydrogen-bond donors (Lipinski definition) is 1. The van der Waals surface area contributed by atoms with Crippen molar-refractivity contribution in [3.05, 3.63) is 28.3 Å². The van der Waals surface area contributed by atoms with Crippen LogP contribution in [-0.2, 0) is 12.0 Å². The molecule has 1 aliphatic heterocycles. The van der Waals surface area contributed by atoms with Gasteiger partial charge in [-0.2, -0.15) is 0 Å². The lowest BCUT2D eigenvalue weighted by Gasteiger charge is -2.33. The van der Waals surface area contributed by atoms with Crippen LogP contribution in [0.3, 0.4) is 0 Å². The minimum absolute atomic E-state index is 0. The number of phenols is 1. The van der Waals surface area contributed by atoms with E-state index in [-0.39, 0.29) is 23.6 Å². The molecule has 120 valence electrons. The van der Waals surface area contributed by atoms with Gasteiger partial charge in [0, 0.05) is 38.3 Å². The average molecular weight is 333 g/mol. The van der Waals surface area contributed by atoms with Crippen LogP contribution >= 0.6 is 24.0 Å². The monoisotopic (exact) mass is 332 g/mol. The molecule has 1 saturated heterocycles. The van der Waals surface area contributed by atoms with Gasteiger partial charge in [0.15, 0.2) is 0 Å². The van der Waals surface area contributed by atoms with E-state index in [0.29, 0.717) is 5.02 Å². The van der Waals surface area contributed by atoms with Crippen molar-refractivity contribution in [2.45, 2.75) is 32.7 Å². The van der Waals surface area contributed by atoms with Crippen LogP contribution in [-0.4, -0.2) is 48.1 Å². The van der Waals surface area contributed by atoms with Gasteiger partial charge in [0.05, 0.1) is 5.02 Å². The third-order valence-corrected chi connectivity index (χ3v) is 4.29. The lowest BCUT2D eigenvalue weighted by Crippen LogP contribution is -2.43. The van der Waals surface area contributed by atoms with E-state index >= 15 is 0 Å². The molecule has 1 N–H and O–H groups in total. The molecular formula is C16H26Cl2N2O. The summed E-state index contributed by atoms with van der Waals surface area (Å²) < 4.78 is 0. The van der Waals surface area contributed by atoms with Crippen LogP contribution < -0.4 is 0 Å². The van der Waals surface area contributed by atoms with Crippen molar-refractivity contribution in [1.82, 2.24) is 9.80 Å². The molecule has 5 heteroatoms. The second-order valence-corrected chi connectivity index (χ2v) is 7.20. The first-order valence-electron chi connectivity index (χ1n) is 7.20. The third kappa shape index (κ3) is 4.75. The Labute approximate surface area is 139 Å². The predicted molar refractivity (Wildman–Crippen MR) is 91.8 cm³/mol. The van der Waals surface area contributed by atoms with Crippen LogP contribution in [0, 0.1) is 0 Å². The fourth-order valence-corrected chi connectivity index (χ4v) is 2.70. The van der Waals surface area contributed by atoms with Gasteiger partial charge in [-0.1, -0.05) is 38.4 Å². The quantitative estimate of drug-likeness (QED) is 0.897. The number of piperazine rings is 1. The smallest absolute Gasteiger partial charge is 0.138 e. The van der Waals surface area contributed by atoms with Crippen LogP contribution in [0.15, 0.2) is 12.1 Å². The Morgan fingerprint density at radius 2 is 1.71 bits per heavy atom. The molecule has 0 bridgehead atoms. The second kappa shape index (κ2) is 7.19. The highest BCUT2D eigenvalue weighted by atomic mass is 35.5. The van der Waals surface area contributed by atoms with Gasteiger partial charge in [-0.15, -0.1) is 12.4 Å². The summed E-state index contributed by atoms with van der Waals surface area (Å²) in [6.45, 7) is 11.5. The second-order valence-electron chi connectivity index (χ2n) is 6.80. The number of likely N-dealkylation sites (N-methyl/N-ethyl adjacent to an activating group) is 1. The Kier molecular flexibility index (Phi) is 6.36. The molecule has 2 rings (SSSR count). The molecule has 1 aromatic rings. The number of phenolic OH excluding ortho intramolecular Hbond substituents is 1. The normalized spacial score (nSPS) is 17.6. The van der Waals surface area contributed by atoms with Gasteiger partial charge in [-0.25, -0.2) is 0 Å². The molecule has 0 aliphatic carbocycles. The topological polar surface area (TPSA) is 26.7 Å². The first-order chi connectivity index (χ1) is 9.27. The van der Waals surface area contributed by atoms with Crippen molar-refractivity contribution in [1.29, 1.82) is 0 Å². The summed E-state index contributed by atoms with van der Waals surface area (Å²) in [4.78, 5) is 4.70. The molecule has 0 unspecified atom stereocenters. The van der Waals surface area contributed by atoms with E-state index < -0.39 is 0 Å². The van der Waals surface area contributed by atoms with E-state index in [2.05, 4.69) is 43.7 Å². The standard InChI is InChI=1S/C16H25ClN2O.ClH/c1-16(2,3)13-9-12(15(20)14(17)10-13)11-19-7-5-18(4)6-8-19;/h9-10,20H,5-8,11H2,1-4H3;1H. The molecule has 21 heavy (non-hydrogen) atoms. The molecule has 0 saturated carbocycles. The molecule has 0 radical (unpaired) electrons. The zero-order chi connectivity index (χ0) is 14.9. The molecule has 3 nitrogen and oxygen atoms in total. The number of hydrogen-bond acceptors (Lipinski definition) is 3. The summed E-state index contributed by atoms with van der Waals surface area (Å²) in [6, 6.07) is 3.98. The van der Waals surface area contributed by atoms with Gasteiger partial charge >= 0.3 is 0 Å². The van der Waals surface area contributed by atoms with Crippen LogP contribution in [0.25, 0.3) is 0 Å². The molecule has 0 aromatic heterocycles. The summed E-state index contributed by atoms with van der Waals surface area (Å²) in [5.41, 5.74) is 2.14. The maximum Gasteiger partial charge on any atom is 0.138 e. The summed E-state index contributed by atoms with van der Waals surface area (Å²) in [5, 5.41) is 10.7. The van der Waals surface area contributed by atoms with Crippen LogP contribution in [0.2, 0.25) is 5.02 Å². The van der Waals surface area contributed by atoms with Crippen LogP contribution in [0.4, 0.5) is 0 Å². The van der Waals surface area contributed by atoms with Crippen molar-refractivity contribution in [3.63, 3.8) is 0 Å². The van der Waals surface area contributed by atoms with Crippen molar-refractivity contribution in [2.75, 3.05) is 33.2 Å². The van der Waals surface area contributed by atoms with Crippen molar-refractivity contribution in [2.24, 2.45) is 0 Å². The third-order valence-electron chi connectivity index (χ3n) is 4.00. The summed E-state index contributed by atoms with van der Waals surface area (Å²) >= 11 is 6.19. The zero-order valence-corrected chi connectivity index (χ0v) is 14.9.